The van der Waals surface area contributed by atoms with Gasteiger partial charge < -0.3 is 4.57 Å². The van der Waals surface area contributed by atoms with Gasteiger partial charge in [-0.15, -0.1) is 0 Å². The van der Waals surface area contributed by atoms with Crippen LogP contribution in [0.2, 0.25) is 0 Å². The SMILES string of the molecule is N#Cc1cccc(Cn2cc(S(=O)(=O)N(Cc3ccccc3)Cc3ccccc3)ccc2=O)c1. The first kappa shape index (κ1) is 23.2. The molecular formula is C27H23N3O3S. The van der Waals surface area contributed by atoms with E-state index in [4.69, 9.17) is 5.26 Å². The van der Waals surface area contributed by atoms with Crippen molar-refractivity contribution in [3.05, 3.63) is 136 Å². The smallest absolute Gasteiger partial charge is 0.250 e. The minimum atomic E-state index is -3.92. The minimum Gasteiger partial charge on any atom is -0.310 e. The predicted molar refractivity (Wildman–Crippen MR) is 130 cm³/mol. The Morgan fingerprint density at radius 2 is 1.35 bits per heavy atom. The number of hydrogen-bond acceptors (Lipinski definition) is 4. The number of hydrogen-bond donors (Lipinski definition) is 0. The molecule has 7 heteroatoms. The third-order valence-corrected chi connectivity index (χ3v) is 7.18. The van der Waals surface area contributed by atoms with Gasteiger partial charge in [-0.2, -0.15) is 9.57 Å². The monoisotopic (exact) mass is 469 g/mol. The van der Waals surface area contributed by atoms with Gasteiger partial charge in [0.15, 0.2) is 0 Å². The van der Waals surface area contributed by atoms with E-state index in [0.29, 0.717) is 5.56 Å². The summed E-state index contributed by atoms with van der Waals surface area (Å²) in [7, 11) is -3.92. The van der Waals surface area contributed by atoms with Crippen LogP contribution in [0.5, 0.6) is 0 Å². The van der Waals surface area contributed by atoms with E-state index in [1.165, 1.54) is 27.2 Å². The molecule has 0 aliphatic rings. The summed E-state index contributed by atoms with van der Waals surface area (Å²) in [6.07, 6.45) is 1.37. The molecule has 0 aliphatic heterocycles. The normalized spacial score (nSPS) is 11.3. The standard InChI is InChI=1S/C27H23N3O3S/c28-17-24-12-7-13-25(16-24)18-29-21-26(14-15-27(29)31)34(32,33)30(19-22-8-3-1-4-9-22)20-23-10-5-2-6-11-23/h1-16,21H,18-20H2. The molecule has 0 radical (unpaired) electrons. The van der Waals surface area contributed by atoms with Crippen LogP contribution in [-0.4, -0.2) is 17.3 Å². The van der Waals surface area contributed by atoms with E-state index in [2.05, 4.69) is 6.07 Å². The Morgan fingerprint density at radius 3 is 1.94 bits per heavy atom. The number of rotatable bonds is 8. The summed E-state index contributed by atoms with van der Waals surface area (Å²) < 4.78 is 30.2. The van der Waals surface area contributed by atoms with Crippen molar-refractivity contribution in [2.45, 2.75) is 24.5 Å². The summed E-state index contributed by atoms with van der Waals surface area (Å²) in [6.45, 7) is 0.553. The van der Waals surface area contributed by atoms with Crippen molar-refractivity contribution in [3.8, 4) is 6.07 Å². The Labute approximate surface area is 199 Å². The van der Waals surface area contributed by atoms with E-state index in [1.54, 1.807) is 24.3 Å². The highest BCUT2D eigenvalue weighted by molar-refractivity contribution is 7.89. The summed E-state index contributed by atoms with van der Waals surface area (Å²) >= 11 is 0. The number of benzene rings is 3. The molecule has 0 saturated carbocycles. The van der Waals surface area contributed by atoms with Crippen LogP contribution in [0.1, 0.15) is 22.3 Å². The second kappa shape index (κ2) is 10.3. The van der Waals surface area contributed by atoms with Crippen LogP contribution in [0.15, 0.2) is 113 Å². The third kappa shape index (κ3) is 5.49. The van der Waals surface area contributed by atoms with Gasteiger partial charge in [0.2, 0.25) is 10.0 Å². The Kier molecular flexibility index (Phi) is 7.02. The van der Waals surface area contributed by atoms with Gasteiger partial charge >= 0.3 is 0 Å². The molecule has 0 amide bonds. The maximum absolute atomic E-state index is 13.7. The Balaban J connectivity index is 1.69. The van der Waals surface area contributed by atoms with Crippen molar-refractivity contribution in [1.82, 2.24) is 8.87 Å². The topological polar surface area (TPSA) is 83.2 Å². The molecule has 0 fully saturated rings. The Morgan fingerprint density at radius 1 is 0.765 bits per heavy atom. The lowest BCUT2D eigenvalue weighted by molar-refractivity contribution is 0.400. The average Bonchev–Trinajstić information content (AvgIpc) is 2.86. The van der Waals surface area contributed by atoms with Crippen LogP contribution in [0, 0.1) is 11.3 Å². The molecule has 0 spiro atoms. The van der Waals surface area contributed by atoms with Crippen LogP contribution >= 0.6 is 0 Å². The van der Waals surface area contributed by atoms with E-state index in [-0.39, 0.29) is 30.1 Å². The summed E-state index contributed by atoms with van der Waals surface area (Å²) in [5, 5.41) is 9.13. The molecule has 4 aromatic rings. The van der Waals surface area contributed by atoms with E-state index >= 15 is 0 Å². The number of pyridine rings is 1. The van der Waals surface area contributed by atoms with Crippen molar-refractivity contribution in [1.29, 1.82) is 5.26 Å². The number of nitrogens with zero attached hydrogens (tertiary/aromatic N) is 3. The molecule has 170 valence electrons. The lowest BCUT2D eigenvalue weighted by atomic mass is 10.1. The molecule has 4 rings (SSSR count). The molecule has 3 aromatic carbocycles. The van der Waals surface area contributed by atoms with E-state index in [9.17, 15) is 13.2 Å². The van der Waals surface area contributed by atoms with E-state index in [1.807, 2.05) is 60.7 Å². The molecule has 6 nitrogen and oxygen atoms in total. The molecule has 0 unspecified atom stereocenters. The minimum absolute atomic E-state index is 0.0374. The molecule has 0 N–H and O–H groups in total. The number of sulfonamides is 1. The van der Waals surface area contributed by atoms with Crippen LogP contribution < -0.4 is 5.56 Å². The summed E-state index contributed by atoms with van der Waals surface area (Å²) in [4.78, 5) is 12.5. The van der Waals surface area contributed by atoms with Crippen LogP contribution in [0.4, 0.5) is 0 Å². The van der Waals surface area contributed by atoms with E-state index in [0.717, 1.165) is 16.7 Å². The number of aromatic nitrogens is 1. The molecule has 0 bridgehead atoms. The molecule has 1 aromatic heterocycles. The first-order valence-electron chi connectivity index (χ1n) is 10.7. The fourth-order valence-electron chi connectivity index (χ4n) is 3.67. The molecular weight excluding hydrogens is 446 g/mol. The van der Waals surface area contributed by atoms with Gasteiger partial charge in [0.1, 0.15) is 0 Å². The summed E-state index contributed by atoms with van der Waals surface area (Å²) in [6, 6.07) is 30.4. The fraction of sp³-hybridized carbons (Fsp3) is 0.111. The maximum Gasteiger partial charge on any atom is 0.250 e. The van der Waals surface area contributed by atoms with Gasteiger partial charge in [0.05, 0.1) is 23.1 Å². The first-order valence-corrected chi connectivity index (χ1v) is 12.2. The quantitative estimate of drug-likeness (QED) is 0.388. The maximum atomic E-state index is 13.7. The Hall–Kier alpha value is -3.99. The predicted octanol–water partition coefficient (Wildman–Crippen LogP) is 4.16. The van der Waals surface area contributed by atoms with Crippen LogP contribution in [-0.2, 0) is 29.7 Å². The van der Waals surface area contributed by atoms with Crippen molar-refractivity contribution in [3.63, 3.8) is 0 Å². The largest absolute Gasteiger partial charge is 0.310 e. The van der Waals surface area contributed by atoms with Crippen molar-refractivity contribution < 1.29 is 8.42 Å². The highest BCUT2D eigenvalue weighted by atomic mass is 32.2. The second-order valence-corrected chi connectivity index (χ2v) is 9.83. The van der Waals surface area contributed by atoms with Crippen molar-refractivity contribution in [2.75, 3.05) is 0 Å². The zero-order chi connectivity index (χ0) is 24.0. The van der Waals surface area contributed by atoms with Gasteiger partial charge in [-0.25, -0.2) is 8.42 Å². The molecule has 1 heterocycles. The zero-order valence-corrected chi connectivity index (χ0v) is 19.2. The van der Waals surface area contributed by atoms with Crippen LogP contribution in [0.3, 0.4) is 0 Å². The lowest BCUT2D eigenvalue weighted by Gasteiger charge is -2.23. The fourth-order valence-corrected chi connectivity index (χ4v) is 5.11. The molecule has 0 atom stereocenters. The Bertz CT molecular complexity index is 1430. The second-order valence-electron chi connectivity index (χ2n) is 7.89. The summed E-state index contributed by atoms with van der Waals surface area (Å²) in [5.74, 6) is 0. The van der Waals surface area contributed by atoms with Gasteiger partial charge in [0, 0.05) is 25.4 Å². The number of nitriles is 1. The summed E-state index contributed by atoms with van der Waals surface area (Å²) in [5.41, 5.74) is 2.62. The molecule has 34 heavy (non-hydrogen) atoms. The van der Waals surface area contributed by atoms with Gasteiger partial charge in [-0.3, -0.25) is 4.79 Å². The highest BCUT2D eigenvalue weighted by Gasteiger charge is 2.26. The lowest BCUT2D eigenvalue weighted by Crippen LogP contribution is -2.31. The molecule has 0 aliphatic carbocycles. The van der Waals surface area contributed by atoms with Gasteiger partial charge in [-0.1, -0.05) is 72.8 Å². The van der Waals surface area contributed by atoms with Gasteiger partial charge in [-0.05, 0) is 34.9 Å². The zero-order valence-electron chi connectivity index (χ0n) is 18.4. The first-order chi connectivity index (χ1) is 16.5. The average molecular weight is 470 g/mol. The van der Waals surface area contributed by atoms with Crippen LogP contribution in [0.25, 0.3) is 0 Å². The molecule has 0 saturated heterocycles. The third-order valence-electron chi connectivity index (χ3n) is 5.41. The van der Waals surface area contributed by atoms with E-state index < -0.39 is 10.0 Å². The highest BCUT2D eigenvalue weighted by Crippen LogP contribution is 2.21. The van der Waals surface area contributed by atoms with Crippen molar-refractivity contribution >= 4 is 10.0 Å². The van der Waals surface area contributed by atoms with Crippen molar-refractivity contribution in [2.24, 2.45) is 0 Å². The van der Waals surface area contributed by atoms with Gasteiger partial charge in [0.25, 0.3) is 5.56 Å².